The van der Waals surface area contributed by atoms with E-state index >= 15 is 0 Å². The minimum atomic E-state index is 0.0213. The average Bonchev–Trinajstić information content (AvgIpc) is 2.37. The monoisotopic (exact) mass is 252 g/mol. The van der Waals surface area contributed by atoms with Crippen LogP contribution in [0.15, 0.2) is 24.3 Å². The first kappa shape index (κ1) is 14.3. The molecule has 3 N–H and O–H groups in total. The molecule has 1 amide bonds. The molecule has 1 rings (SSSR count). The number of carbonyl (C=O) groups excluding carboxylic acids is 1. The Hall–Kier alpha value is -1.75. The zero-order valence-corrected chi connectivity index (χ0v) is 10.6. The lowest BCUT2D eigenvalue weighted by molar-refractivity contribution is -0.121. The van der Waals surface area contributed by atoms with Crippen molar-refractivity contribution in [3.8, 4) is 5.75 Å². The van der Waals surface area contributed by atoms with Gasteiger partial charge in [0.1, 0.15) is 12.4 Å². The van der Waals surface area contributed by atoms with Crippen LogP contribution in [0, 0.1) is 0 Å². The summed E-state index contributed by atoms with van der Waals surface area (Å²) in [7, 11) is 1.62. The molecule has 0 radical (unpaired) electrons. The number of amides is 1. The fourth-order valence-electron chi connectivity index (χ4n) is 1.39. The highest BCUT2D eigenvalue weighted by Crippen LogP contribution is 2.12. The highest BCUT2D eigenvalue weighted by Gasteiger charge is 2.00. The van der Waals surface area contributed by atoms with Crippen LogP contribution < -0.4 is 15.8 Å². The Morgan fingerprint density at radius 1 is 1.28 bits per heavy atom. The summed E-state index contributed by atoms with van der Waals surface area (Å²) >= 11 is 0. The zero-order chi connectivity index (χ0) is 13.2. The number of ether oxygens (including phenoxy) is 2. The lowest BCUT2D eigenvalue weighted by atomic mass is 10.3. The molecule has 0 spiro atoms. The molecule has 0 aromatic heterocycles. The van der Waals surface area contributed by atoms with Gasteiger partial charge in [-0.1, -0.05) is 0 Å². The predicted octanol–water partition coefficient (Wildman–Crippen LogP) is 1.19. The van der Waals surface area contributed by atoms with Crippen molar-refractivity contribution in [1.82, 2.24) is 5.32 Å². The maximum absolute atomic E-state index is 11.3. The number of hydrogen-bond donors (Lipinski definition) is 2. The lowest BCUT2D eigenvalue weighted by Gasteiger charge is -2.07. The standard InChI is InChI=1S/C13H20N2O3/c1-17-9-2-3-13(16)15-8-10-18-12-6-4-11(14)5-7-12/h4-7H,2-3,8-10,14H2,1H3,(H,15,16). The normalized spacial score (nSPS) is 10.1. The quantitative estimate of drug-likeness (QED) is 0.538. The van der Waals surface area contributed by atoms with E-state index in [1.54, 1.807) is 31.4 Å². The van der Waals surface area contributed by atoms with Crippen LogP contribution in [0.3, 0.4) is 0 Å². The Morgan fingerprint density at radius 3 is 2.67 bits per heavy atom. The summed E-state index contributed by atoms with van der Waals surface area (Å²) in [6.07, 6.45) is 1.22. The van der Waals surface area contributed by atoms with Crippen molar-refractivity contribution in [2.75, 3.05) is 32.6 Å². The first-order valence-corrected chi connectivity index (χ1v) is 5.96. The van der Waals surface area contributed by atoms with Crippen LogP contribution in [-0.2, 0) is 9.53 Å². The molecule has 0 unspecified atom stereocenters. The van der Waals surface area contributed by atoms with E-state index in [4.69, 9.17) is 15.2 Å². The molecule has 0 aliphatic carbocycles. The molecule has 0 saturated heterocycles. The second-order valence-corrected chi connectivity index (χ2v) is 3.86. The Morgan fingerprint density at radius 2 is 2.00 bits per heavy atom. The van der Waals surface area contributed by atoms with Gasteiger partial charge < -0.3 is 20.5 Å². The Bertz CT molecular complexity index is 352. The molecule has 18 heavy (non-hydrogen) atoms. The highest BCUT2D eigenvalue weighted by molar-refractivity contribution is 5.75. The minimum Gasteiger partial charge on any atom is -0.492 e. The summed E-state index contributed by atoms with van der Waals surface area (Å²) in [5.74, 6) is 0.769. The maximum Gasteiger partial charge on any atom is 0.220 e. The fraction of sp³-hybridized carbons (Fsp3) is 0.462. The number of nitrogens with one attached hydrogen (secondary N) is 1. The van der Waals surface area contributed by atoms with Gasteiger partial charge in [0.2, 0.25) is 5.91 Å². The number of nitrogen functional groups attached to an aromatic ring is 1. The molecule has 1 aromatic carbocycles. The van der Waals surface area contributed by atoms with Gasteiger partial charge >= 0.3 is 0 Å². The van der Waals surface area contributed by atoms with E-state index in [1.807, 2.05) is 0 Å². The SMILES string of the molecule is COCCCC(=O)NCCOc1ccc(N)cc1. The highest BCUT2D eigenvalue weighted by atomic mass is 16.5. The molecule has 0 saturated carbocycles. The van der Waals surface area contributed by atoms with Crippen LogP contribution in [-0.4, -0.2) is 32.8 Å². The summed E-state index contributed by atoms with van der Waals surface area (Å²) in [5, 5.41) is 2.78. The van der Waals surface area contributed by atoms with E-state index < -0.39 is 0 Å². The molecule has 100 valence electrons. The molecule has 0 heterocycles. The first-order valence-electron chi connectivity index (χ1n) is 5.96. The minimum absolute atomic E-state index is 0.0213. The number of anilines is 1. The van der Waals surface area contributed by atoms with Crippen molar-refractivity contribution in [2.45, 2.75) is 12.8 Å². The maximum atomic E-state index is 11.3. The van der Waals surface area contributed by atoms with Gasteiger partial charge in [0.15, 0.2) is 0 Å². The molecule has 0 bridgehead atoms. The summed E-state index contributed by atoms with van der Waals surface area (Å²) in [6.45, 7) is 1.55. The van der Waals surface area contributed by atoms with E-state index in [9.17, 15) is 4.79 Å². The fourth-order valence-corrected chi connectivity index (χ4v) is 1.39. The van der Waals surface area contributed by atoms with Crippen LogP contribution in [0.4, 0.5) is 5.69 Å². The second kappa shape index (κ2) is 8.36. The molecule has 0 aliphatic rings. The second-order valence-electron chi connectivity index (χ2n) is 3.86. The number of benzene rings is 1. The van der Waals surface area contributed by atoms with Gasteiger partial charge in [-0.3, -0.25) is 4.79 Å². The van der Waals surface area contributed by atoms with Crippen LogP contribution >= 0.6 is 0 Å². The van der Waals surface area contributed by atoms with Crippen LogP contribution in [0.25, 0.3) is 0 Å². The van der Waals surface area contributed by atoms with E-state index in [0.29, 0.717) is 31.9 Å². The van der Waals surface area contributed by atoms with E-state index in [0.717, 1.165) is 12.2 Å². The molecule has 0 atom stereocenters. The Balaban J connectivity index is 2.07. The lowest BCUT2D eigenvalue weighted by Crippen LogP contribution is -2.28. The van der Waals surface area contributed by atoms with Crippen molar-refractivity contribution in [3.63, 3.8) is 0 Å². The first-order chi connectivity index (χ1) is 8.72. The largest absolute Gasteiger partial charge is 0.492 e. The van der Waals surface area contributed by atoms with Gasteiger partial charge in [-0.2, -0.15) is 0 Å². The van der Waals surface area contributed by atoms with E-state index in [-0.39, 0.29) is 5.91 Å². The van der Waals surface area contributed by atoms with Gasteiger partial charge in [0.25, 0.3) is 0 Å². The van der Waals surface area contributed by atoms with Crippen LogP contribution in [0.1, 0.15) is 12.8 Å². The predicted molar refractivity (Wildman–Crippen MR) is 70.5 cm³/mol. The number of rotatable bonds is 8. The van der Waals surface area contributed by atoms with Crippen LogP contribution in [0.2, 0.25) is 0 Å². The smallest absolute Gasteiger partial charge is 0.220 e. The number of methoxy groups -OCH3 is 1. The number of nitrogens with two attached hydrogens (primary N) is 1. The van der Waals surface area contributed by atoms with E-state index in [2.05, 4.69) is 5.32 Å². The molecular formula is C13H20N2O3. The molecular weight excluding hydrogens is 232 g/mol. The summed E-state index contributed by atoms with van der Waals surface area (Å²) < 4.78 is 10.3. The molecule has 1 aromatic rings. The molecule has 0 aliphatic heterocycles. The molecule has 5 heteroatoms. The van der Waals surface area contributed by atoms with Crippen molar-refractivity contribution >= 4 is 11.6 Å². The van der Waals surface area contributed by atoms with Crippen molar-refractivity contribution in [2.24, 2.45) is 0 Å². The van der Waals surface area contributed by atoms with E-state index in [1.165, 1.54) is 0 Å². The third-order valence-electron chi connectivity index (χ3n) is 2.33. The molecule has 0 fully saturated rings. The van der Waals surface area contributed by atoms with Gasteiger partial charge in [0.05, 0.1) is 6.54 Å². The van der Waals surface area contributed by atoms with Crippen molar-refractivity contribution in [3.05, 3.63) is 24.3 Å². The van der Waals surface area contributed by atoms with Crippen molar-refractivity contribution < 1.29 is 14.3 Å². The summed E-state index contributed by atoms with van der Waals surface area (Å²) in [6, 6.07) is 7.16. The van der Waals surface area contributed by atoms with Crippen molar-refractivity contribution in [1.29, 1.82) is 0 Å². The molecule has 5 nitrogen and oxygen atoms in total. The Labute approximate surface area is 107 Å². The summed E-state index contributed by atoms with van der Waals surface area (Å²) in [5.41, 5.74) is 6.26. The van der Waals surface area contributed by atoms with Gasteiger partial charge in [-0.25, -0.2) is 0 Å². The topological polar surface area (TPSA) is 73.6 Å². The van der Waals surface area contributed by atoms with Gasteiger partial charge in [-0.05, 0) is 30.7 Å². The third-order valence-corrected chi connectivity index (χ3v) is 2.33. The van der Waals surface area contributed by atoms with Crippen LogP contribution in [0.5, 0.6) is 5.75 Å². The average molecular weight is 252 g/mol. The van der Waals surface area contributed by atoms with Gasteiger partial charge in [-0.15, -0.1) is 0 Å². The number of carbonyl (C=O) groups is 1. The zero-order valence-electron chi connectivity index (χ0n) is 10.6. The number of hydrogen-bond acceptors (Lipinski definition) is 4. The Kier molecular flexibility index (Phi) is 6.64. The third kappa shape index (κ3) is 6.10. The summed E-state index contributed by atoms with van der Waals surface area (Å²) in [4.78, 5) is 11.3. The van der Waals surface area contributed by atoms with Gasteiger partial charge in [0, 0.05) is 25.8 Å².